The Morgan fingerprint density at radius 1 is 1.24 bits per heavy atom. The van der Waals surface area contributed by atoms with Crippen LogP contribution < -0.4 is 5.56 Å². The van der Waals surface area contributed by atoms with Crippen molar-refractivity contribution in [2.24, 2.45) is 16.1 Å². The zero-order chi connectivity index (χ0) is 25.3. The minimum Gasteiger partial charge on any atom is -0.493 e. The van der Waals surface area contributed by atoms with Crippen molar-refractivity contribution in [3.05, 3.63) is 40.2 Å². The van der Waals surface area contributed by atoms with E-state index in [1.54, 1.807) is 6.07 Å². The monoisotopic (exact) mass is 512 g/mol. The highest BCUT2D eigenvalue weighted by molar-refractivity contribution is 7.94. The SMILES string of the molecule is CCCCC(CC)Cn1c(O)c(C#N)cc(N=Nc2cc(SOOO)ccc2S(=O)(=O)O)c1=O. The van der Waals surface area contributed by atoms with Gasteiger partial charge in [-0.15, -0.1) is 14.6 Å². The molecule has 12 nitrogen and oxygen atoms in total. The summed E-state index contributed by atoms with van der Waals surface area (Å²) in [6.07, 6.45) is 3.49. The van der Waals surface area contributed by atoms with Crippen LogP contribution >= 0.6 is 12.0 Å². The number of unbranched alkanes of at least 4 members (excludes halogenated alkanes) is 1. The molecule has 14 heteroatoms. The summed E-state index contributed by atoms with van der Waals surface area (Å²) in [5, 5.41) is 39.2. The standard InChI is InChI=1S/C20H24N4O8S2/c1-3-5-6-13(4-2)12-24-19(25)14(11-21)9-17(20(24)26)23-22-16-10-15(33-32-31-27)7-8-18(16)34(28,29)30/h7-10,13,25,27H,3-6,12H2,1-2H3,(H,28,29,30). The van der Waals surface area contributed by atoms with Gasteiger partial charge >= 0.3 is 0 Å². The van der Waals surface area contributed by atoms with Crippen LogP contribution in [0.15, 0.2) is 49.1 Å². The molecule has 0 fully saturated rings. The number of pyridine rings is 1. The second-order valence-corrected chi connectivity index (χ2v) is 9.41. The first-order valence-electron chi connectivity index (χ1n) is 10.2. The zero-order valence-electron chi connectivity index (χ0n) is 18.4. The van der Waals surface area contributed by atoms with E-state index in [2.05, 4.69) is 19.6 Å². The van der Waals surface area contributed by atoms with Gasteiger partial charge in [-0.25, -0.2) is 5.26 Å². The van der Waals surface area contributed by atoms with E-state index >= 15 is 0 Å². The van der Waals surface area contributed by atoms with Crippen molar-refractivity contribution in [3.63, 3.8) is 0 Å². The number of aromatic nitrogens is 1. The van der Waals surface area contributed by atoms with Gasteiger partial charge in [-0.3, -0.25) is 13.9 Å². The van der Waals surface area contributed by atoms with Gasteiger partial charge in [0.15, 0.2) is 5.69 Å². The summed E-state index contributed by atoms with van der Waals surface area (Å²) >= 11 is 0.513. The molecule has 0 radical (unpaired) electrons. The average molecular weight is 513 g/mol. The summed E-state index contributed by atoms with van der Waals surface area (Å²) in [6, 6.07) is 6.25. The van der Waals surface area contributed by atoms with Crippen molar-refractivity contribution in [1.82, 2.24) is 4.57 Å². The largest absolute Gasteiger partial charge is 0.493 e. The third-order valence-corrected chi connectivity index (χ3v) is 6.46. The number of benzene rings is 1. The van der Waals surface area contributed by atoms with E-state index < -0.39 is 26.5 Å². The first kappa shape index (κ1) is 27.4. The van der Waals surface area contributed by atoms with Crippen LogP contribution in [0.1, 0.15) is 45.1 Å². The van der Waals surface area contributed by atoms with Crippen LogP contribution in [0.2, 0.25) is 0 Å². The van der Waals surface area contributed by atoms with Crippen molar-refractivity contribution in [1.29, 1.82) is 5.26 Å². The number of nitriles is 1. The van der Waals surface area contributed by atoms with Gasteiger partial charge in [0.25, 0.3) is 15.7 Å². The van der Waals surface area contributed by atoms with Crippen LogP contribution in [0.5, 0.6) is 5.88 Å². The third kappa shape index (κ3) is 7.10. The van der Waals surface area contributed by atoms with Crippen LogP contribution in [-0.4, -0.2) is 27.9 Å². The second-order valence-electron chi connectivity index (χ2n) is 7.24. The van der Waals surface area contributed by atoms with E-state index in [-0.39, 0.29) is 34.3 Å². The Bertz CT molecular complexity index is 1240. The van der Waals surface area contributed by atoms with Crippen LogP contribution in [0.4, 0.5) is 11.4 Å². The quantitative estimate of drug-likeness (QED) is 0.118. The van der Waals surface area contributed by atoms with Crippen LogP contribution in [-0.2, 0) is 26.0 Å². The molecule has 1 unspecified atom stereocenters. The molecule has 0 aliphatic heterocycles. The summed E-state index contributed by atoms with van der Waals surface area (Å²) < 4.78 is 38.2. The molecule has 2 rings (SSSR count). The molecule has 0 spiro atoms. The van der Waals surface area contributed by atoms with Crippen molar-refractivity contribution in [2.45, 2.75) is 55.9 Å². The maximum atomic E-state index is 13.0. The summed E-state index contributed by atoms with van der Waals surface area (Å²) in [6.45, 7) is 4.17. The summed E-state index contributed by atoms with van der Waals surface area (Å²) in [5.74, 6) is -0.407. The Morgan fingerprint density at radius 3 is 2.53 bits per heavy atom. The van der Waals surface area contributed by atoms with Crippen LogP contribution in [0.25, 0.3) is 0 Å². The van der Waals surface area contributed by atoms with Crippen molar-refractivity contribution in [2.75, 3.05) is 0 Å². The lowest BCUT2D eigenvalue weighted by molar-refractivity contribution is -0.432. The predicted octanol–water partition coefficient (Wildman–Crippen LogP) is 4.73. The van der Waals surface area contributed by atoms with Gasteiger partial charge in [-0.2, -0.15) is 13.7 Å². The molecule has 0 bridgehead atoms. The zero-order valence-corrected chi connectivity index (χ0v) is 20.0. The molecule has 34 heavy (non-hydrogen) atoms. The molecule has 1 heterocycles. The third-order valence-electron chi connectivity index (χ3n) is 4.98. The first-order valence-corrected chi connectivity index (χ1v) is 12.4. The minimum atomic E-state index is -4.70. The van der Waals surface area contributed by atoms with Crippen LogP contribution in [0.3, 0.4) is 0 Å². The molecule has 2 aromatic rings. The Kier molecular flexibility index (Phi) is 10.2. The fourth-order valence-electron chi connectivity index (χ4n) is 3.15. The Hall–Kier alpha value is -2.80. The van der Waals surface area contributed by atoms with Crippen molar-refractivity contribution < 1.29 is 32.7 Å². The van der Waals surface area contributed by atoms with E-state index in [4.69, 9.17) is 5.26 Å². The topological polar surface area (TPSA) is 184 Å². The smallest absolute Gasteiger partial charge is 0.296 e. The molecule has 3 N–H and O–H groups in total. The van der Waals surface area contributed by atoms with E-state index in [0.29, 0.717) is 12.0 Å². The molecular weight excluding hydrogens is 488 g/mol. The van der Waals surface area contributed by atoms with Gasteiger partial charge < -0.3 is 5.11 Å². The number of azo groups is 1. The summed E-state index contributed by atoms with van der Waals surface area (Å²) in [5.41, 5.74) is -1.58. The predicted molar refractivity (Wildman–Crippen MR) is 121 cm³/mol. The lowest BCUT2D eigenvalue weighted by atomic mass is 9.99. The molecule has 0 amide bonds. The van der Waals surface area contributed by atoms with Crippen molar-refractivity contribution in [3.8, 4) is 11.9 Å². The Balaban J connectivity index is 2.55. The van der Waals surface area contributed by atoms with Gasteiger partial charge in [0.05, 0.1) is 12.0 Å². The van der Waals surface area contributed by atoms with E-state index in [1.165, 1.54) is 6.07 Å². The summed E-state index contributed by atoms with van der Waals surface area (Å²) in [4.78, 5) is 12.6. The number of rotatable bonds is 12. The lowest BCUT2D eigenvalue weighted by Crippen LogP contribution is -2.24. The fraction of sp³-hybridized carbons (Fsp3) is 0.400. The minimum absolute atomic E-state index is 0.0795. The molecule has 0 aliphatic carbocycles. The normalized spacial score (nSPS) is 12.7. The number of hydrogen-bond acceptors (Lipinski definition) is 11. The Morgan fingerprint density at radius 2 is 1.94 bits per heavy atom. The van der Waals surface area contributed by atoms with E-state index in [9.17, 15) is 28.1 Å². The highest BCUT2D eigenvalue weighted by Gasteiger charge is 2.19. The number of nitrogens with zero attached hydrogens (tertiary/aromatic N) is 4. The number of aromatic hydroxyl groups is 1. The van der Waals surface area contributed by atoms with Gasteiger partial charge in [-0.05, 0) is 36.6 Å². The highest BCUT2D eigenvalue weighted by Crippen LogP contribution is 2.32. The van der Waals surface area contributed by atoms with Gasteiger partial charge in [0.2, 0.25) is 5.88 Å². The average Bonchev–Trinajstić information content (AvgIpc) is 2.81. The molecule has 0 aliphatic rings. The molecule has 1 aromatic heterocycles. The van der Waals surface area contributed by atoms with Gasteiger partial charge in [0, 0.05) is 11.4 Å². The number of hydrogen-bond donors (Lipinski definition) is 3. The first-order chi connectivity index (χ1) is 16.2. The fourth-order valence-corrected chi connectivity index (χ4v) is 4.15. The molecule has 184 valence electrons. The molecule has 0 saturated heterocycles. The maximum absolute atomic E-state index is 13.0. The molecule has 1 atom stereocenters. The second kappa shape index (κ2) is 12.6. The Labute approximate surface area is 200 Å². The van der Waals surface area contributed by atoms with E-state index in [0.717, 1.165) is 48.4 Å². The molecular formula is C20H24N4O8S2. The lowest BCUT2D eigenvalue weighted by Gasteiger charge is -2.18. The van der Waals surface area contributed by atoms with Gasteiger partial charge in [0.1, 0.15) is 22.2 Å². The van der Waals surface area contributed by atoms with Crippen LogP contribution in [0, 0.1) is 17.2 Å². The maximum Gasteiger partial charge on any atom is 0.296 e. The van der Waals surface area contributed by atoms with Gasteiger partial charge in [-0.1, -0.05) is 38.1 Å². The van der Waals surface area contributed by atoms with Crippen molar-refractivity contribution >= 4 is 33.5 Å². The molecule has 0 saturated carbocycles. The summed E-state index contributed by atoms with van der Waals surface area (Å²) in [7, 11) is -4.70. The van der Waals surface area contributed by atoms with E-state index in [1.807, 2.05) is 13.8 Å². The highest BCUT2D eigenvalue weighted by atomic mass is 32.2. The molecule has 1 aromatic carbocycles.